The first-order valence-electron chi connectivity index (χ1n) is 35.6. The maximum Gasteiger partial charge on any atom is 0.327 e. The lowest BCUT2D eigenvalue weighted by atomic mass is 10.0. The number of thiocarbonyl (C=S) groups is 4. The van der Waals surface area contributed by atoms with Gasteiger partial charge in [0, 0.05) is 109 Å². The minimum Gasteiger partial charge on any atom is -0.472 e. The molecule has 4 aliphatic heterocycles. The number of imide groups is 1. The summed E-state index contributed by atoms with van der Waals surface area (Å²) in [5.74, 6) is 4.65. The highest BCUT2D eigenvalue weighted by Crippen LogP contribution is 2.20. The zero-order valence-corrected chi connectivity index (χ0v) is 70.2. The molecule has 0 bridgehead atoms. The van der Waals surface area contributed by atoms with Gasteiger partial charge in [-0.25, -0.2) is 19.3 Å². The Kier molecular flexibility index (Phi) is 42.2. The highest BCUT2D eigenvalue weighted by atomic mass is 32.1. The van der Waals surface area contributed by atoms with E-state index in [1.165, 1.54) is 35.6 Å². The Balaban J connectivity index is 0.000000580. The van der Waals surface area contributed by atoms with Crippen molar-refractivity contribution in [3.8, 4) is 0 Å². The number of carbonyl (C=O) groups is 4. The van der Waals surface area contributed by atoms with Crippen LogP contribution in [-0.4, -0.2) is 206 Å². The van der Waals surface area contributed by atoms with Crippen LogP contribution < -0.4 is 10.9 Å². The quantitative estimate of drug-likeness (QED) is 0.0783. The fraction of sp³-hybridized carbons (Fsp3) is 0.630. The summed E-state index contributed by atoms with van der Waals surface area (Å²) in [7, 11) is 0. The molecule has 104 heavy (non-hydrogen) atoms. The first-order valence-corrected chi connectivity index (χ1v) is 37.2. The highest BCUT2D eigenvalue weighted by Gasteiger charge is 2.37. The molecule has 0 aromatic carbocycles. The van der Waals surface area contributed by atoms with E-state index in [9.17, 15) is 28.8 Å². The number of rotatable bonds is 14. The van der Waals surface area contributed by atoms with Gasteiger partial charge in [-0.15, -0.1) is 5.10 Å². The smallest absolute Gasteiger partial charge is 0.327 e. The number of aromatic nitrogens is 9. The Hall–Kier alpha value is -8.03. The molecule has 10 rings (SSSR count). The van der Waals surface area contributed by atoms with Crippen molar-refractivity contribution in [3.05, 3.63) is 121 Å². The number of hydrogen-bond donors (Lipinski definition) is 1. The Bertz CT molecular complexity index is 3490. The molecule has 10 heterocycles. The Morgan fingerprint density at radius 3 is 1.26 bits per heavy atom. The largest absolute Gasteiger partial charge is 0.472 e. The second-order valence-corrected chi connectivity index (χ2v) is 29.2. The predicted octanol–water partition coefficient (Wildman–Crippen LogP) is 14.2. The van der Waals surface area contributed by atoms with Crippen LogP contribution in [0.4, 0.5) is 9.59 Å². The summed E-state index contributed by atoms with van der Waals surface area (Å²) in [5.41, 5.74) is 5.42. The van der Waals surface area contributed by atoms with Crippen LogP contribution in [0.15, 0.2) is 77.3 Å². The van der Waals surface area contributed by atoms with E-state index in [1.807, 2.05) is 134 Å². The molecule has 0 aliphatic carbocycles. The number of H-pyrrole nitrogens is 1. The molecule has 6 aromatic heterocycles. The first kappa shape index (κ1) is 94.0. The highest BCUT2D eigenvalue weighted by molar-refractivity contribution is 7.82. The van der Waals surface area contributed by atoms with Crippen molar-refractivity contribution >= 4 is 92.9 Å². The van der Waals surface area contributed by atoms with Crippen LogP contribution in [0, 0.1) is 27.7 Å². The Morgan fingerprint density at radius 1 is 0.490 bits per heavy atom. The Labute approximate surface area is 638 Å². The SMILES string of the molecule is CC(C)c1ncn[nH]1.CC(C)n1cnnn1.CCN1CC(=O)N(C(C)C)C1=O.CCN1CC(=O)N(C(C)C)C1=S.CCN1CC(=S)N(C(C)C)C1=O.CCN1CC(=S)N(C(C)C)C1=S.Cc1cc(C(C)C)on1.Cc1coc(C(C)C)cc1=O.Cc1cocc(C(C)C)c1=O.Cc1nocc1C(C)C. The number of urea groups is 2. The average Bonchev–Trinajstić information content (AvgIpc) is 1.69. The summed E-state index contributed by atoms with van der Waals surface area (Å²) in [5, 5.41) is 26.2. The minimum atomic E-state index is -0.155. The summed E-state index contributed by atoms with van der Waals surface area (Å²) in [4.78, 5) is 87.8. The third-order valence-corrected chi connectivity index (χ3v) is 17.2. The van der Waals surface area contributed by atoms with E-state index in [0.717, 1.165) is 75.6 Å². The standard InChI is InChI=1S/2C9H12O2.C8H14N2O2.2C8H14N2OS.C8H14N2S2.2C7H11NO.C5H9N3.C4H8N4/c1-6(2)9-4-8(10)7(3)5-11-9;1-6(2)8-5-11-4-7(3)9(8)10;1-4-9-5-7(11)10(6(2)3)8(9)12;1-4-9-5-7(12)10(6(2)3)8(9)11;2*1-4-9-5-7(11)10(6(2)3)8(9)12;1-5(2)7-4-9-8-6(7)3;1-5(2)7-4-6(3)8-9-7;1-4(2)5-6-3-7-8-5;1-4(2)8-3-5-6-7-8/h2*4-6H,1-3H3;4*6H,4-5H2,1-3H3;2*4-5H,1-3H3;3-4H,1-2H3,(H,6,7,8);3-4H,1-2H3. The van der Waals surface area contributed by atoms with Gasteiger partial charge in [-0.1, -0.05) is 104 Å². The van der Waals surface area contributed by atoms with E-state index in [4.69, 9.17) is 66.8 Å². The van der Waals surface area contributed by atoms with Crippen LogP contribution in [0.3, 0.4) is 0 Å². The third-order valence-electron chi connectivity index (χ3n) is 15.7. The van der Waals surface area contributed by atoms with Crippen molar-refractivity contribution in [1.82, 2.24) is 84.9 Å². The molecule has 4 fully saturated rings. The van der Waals surface area contributed by atoms with Gasteiger partial charge in [-0.05, 0) is 171 Å². The van der Waals surface area contributed by atoms with Crippen LogP contribution in [0.1, 0.15) is 253 Å². The molecule has 0 radical (unpaired) electrons. The zero-order valence-electron chi connectivity index (χ0n) is 66.9. The van der Waals surface area contributed by atoms with Crippen molar-refractivity contribution < 1.29 is 37.1 Å². The molecule has 0 atom stereocenters. The summed E-state index contributed by atoms with van der Waals surface area (Å²) in [6.07, 6.45) is 9.35. The molecule has 0 unspecified atom stereocenters. The molecule has 0 saturated carbocycles. The van der Waals surface area contributed by atoms with Gasteiger partial charge >= 0.3 is 12.1 Å². The number of hydrogen-bond acceptors (Lipinski definition) is 21. The Morgan fingerprint density at radius 2 is 0.971 bits per heavy atom. The van der Waals surface area contributed by atoms with Gasteiger partial charge in [0.25, 0.3) is 5.91 Å². The molecule has 27 nitrogen and oxygen atoms in total. The third kappa shape index (κ3) is 30.2. The average molecular weight is 1520 g/mol. The fourth-order valence-corrected chi connectivity index (χ4v) is 11.4. The molecule has 6 aromatic rings. The lowest BCUT2D eigenvalue weighted by Crippen LogP contribution is -2.37. The molecule has 580 valence electrons. The molecule has 0 spiro atoms. The normalized spacial score (nSPS) is 14.1. The molecule has 6 amide bonds. The minimum absolute atomic E-state index is 0.0263. The van der Waals surface area contributed by atoms with Crippen LogP contribution in [0.5, 0.6) is 0 Å². The number of tetrazole rings is 1. The van der Waals surface area contributed by atoms with E-state index in [-0.39, 0.29) is 71.2 Å². The van der Waals surface area contributed by atoms with E-state index in [2.05, 4.69) is 108 Å². The number of amides is 6. The summed E-state index contributed by atoms with van der Waals surface area (Å²) in [6.45, 7) is 60.9. The number of nitrogens with one attached hydrogen (secondary N) is 1. The number of likely N-dealkylation sites (N-methyl/N-ethyl adjacent to an activating group) is 4. The zero-order chi connectivity index (χ0) is 79.7. The van der Waals surface area contributed by atoms with Crippen molar-refractivity contribution in [1.29, 1.82) is 0 Å². The van der Waals surface area contributed by atoms with Gasteiger partial charge in [0.2, 0.25) is 5.91 Å². The maximum atomic E-state index is 11.6. The van der Waals surface area contributed by atoms with E-state index >= 15 is 0 Å². The van der Waals surface area contributed by atoms with Crippen LogP contribution in [0.2, 0.25) is 0 Å². The molecule has 1 N–H and O–H groups in total. The van der Waals surface area contributed by atoms with Crippen molar-refractivity contribution in [2.24, 2.45) is 0 Å². The molecule has 4 saturated heterocycles. The van der Waals surface area contributed by atoms with Crippen molar-refractivity contribution in [2.45, 2.75) is 254 Å². The van der Waals surface area contributed by atoms with Crippen LogP contribution in [-0.2, 0) is 9.59 Å². The second kappa shape index (κ2) is 46.7. The van der Waals surface area contributed by atoms with E-state index in [1.54, 1.807) is 56.8 Å². The predicted molar refractivity (Wildman–Crippen MR) is 425 cm³/mol. The van der Waals surface area contributed by atoms with Gasteiger partial charge < -0.3 is 42.4 Å². The summed E-state index contributed by atoms with van der Waals surface area (Å²) >= 11 is 20.8. The molecular formula is C73H119N17O10S4. The van der Waals surface area contributed by atoms with E-state index < -0.39 is 0 Å². The lowest BCUT2D eigenvalue weighted by Gasteiger charge is -2.23. The van der Waals surface area contributed by atoms with Gasteiger partial charge in [0.05, 0.1) is 49.8 Å². The van der Waals surface area contributed by atoms with Gasteiger partial charge in [-0.3, -0.25) is 39.0 Å². The lowest BCUT2D eigenvalue weighted by molar-refractivity contribution is -0.127. The topological polar surface area (TPSA) is 292 Å². The van der Waals surface area contributed by atoms with Crippen molar-refractivity contribution in [3.63, 3.8) is 0 Å². The van der Waals surface area contributed by atoms with Gasteiger partial charge in [0.15, 0.2) is 21.1 Å². The fourth-order valence-electron chi connectivity index (χ4n) is 9.43. The maximum absolute atomic E-state index is 11.6. The van der Waals surface area contributed by atoms with Gasteiger partial charge in [-0.2, -0.15) is 5.10 Å². The number of aromatic amines is 1. The number of aryl methyl sites for hydroxylation is 4. The van der Waals surface area contributed by atoms with Crippen LogP contribution >= 0.6 is 48.9 Å². The molecule has 4 aliphatic rings. The van der Waals surface area contributed by atoms with Crippen molar-refractivity contribution in [2.75, 3.05) is 52.4 Å². The van der Waals surface area contributed by atoms with E-state index in [0.29, 0.717) is 65.7 Å². The summed E-state index contributed by atoms with van der Waals surface area (Å²) < 4.78 is 21.6. The summed E-state index contributed by atoms with van der Waals surface area (Å²) in [6, 6.07) is 4.51. The number of nitrogens with zero attached hydrogens (tertiary/aromatic N) is 16. The first-order chi connectivity index (χ1) is 48.6. The molecular weight excluding hydrogens is 1400 g/mol. The monoisotopic (exact) mass is 1520 g/mol. The molecule has 31 heteroatoms. The second-order valence-electron chi connectivity index (χ2n) is 27.5. The van der Waals surface area contributed by atoms with Crippen LogP contribution in [0.25, 0.3) is 0 Å². The number of carbonyl (C=O) groups excluding carboxylic acids is 4. The van der Waals surface area contributed by atoms with Gasteiger partial charge in [0.1, 0.15) is 52.8 Å².